The molecular weight excluding hydrogens is 222 g/mol. The van der Waals surface area contributed by atoms with Gasteiger partial charge < -0.3 is 9.64 Å². The van der Waals surface area contributed by atoms with E-state index in [9.17, 15) is 4.79 Å². The van der Waals surface area contributed by atoms with Crippen molar-refractivity contribution in [3.63, 3.8) is 0 Å². The first-order valence-corrected chi connectivity index (χ1v) is 5.53. The van der Waals surface area contributed by atoms with Gasteiger partial charge in [-0.25, -0.2) is 0 Å². The van der Waals surface area contributed by atoms with E-state index in [4.69, 9.17) is 4.74 Å². The van der Waals surface area contributed by atoms with Crippen LogP contribution in [0.4, 0.5) is 5.82 Å². The number of hydrogen-bond donors (Lipinski definition) is 1. The predicted molar refractivity (Wildman–Crippen MR) is 61.4 cm³/mol. The van der Waals surface area contributed by atoms with Crippen molar-refractivity contribution in [3.05, 3.63) is 22.2 Å². The zero-order valence-electron chi connectivity index (χ0n) is 9.51. The van der Waals surface area contributed by atoms with E-state index in [0.29, 0.717) is 30.6 Å². The summed E-state index contributed by atoms with van der Waals surface area (Å²) in [5.41, 5.74) is -0.142. The minimum absolute atomic E-state index is 0.142. The van der Waals surface area contributed by atoms with Gasteiger partial charge in [-0.2, -0.15) is 14.5 Å². The summed E-state index contributed by atoms with van der Waals surface area (Å²) in [5, 5.41) is 2.84. The van der Waals surface area contributed by atoms with E-state index in [1.165, 1.54) is 10.6 Å². The van der Waals surface area contributed by atoms with E-state index in [2.05, 4.69) is 15.1 Å². The zero-order chi connectivity index (χ0) is 11.8. The molecule has 0 aromatic carbocycles. The lowest BCUT2D eigenvalue weighted by molar-refractivity contribution is 0.122. The molecule has 0 saturated carbocycles. The Kier molecular flexibility index (Phi) is 2.32. The smallest absolute Gasteiger partial charge is 0.276 e. The Hall–Kier alpha value is -1.89. The summed E-state index contributed by atoms with van der Waals surface area (Å²) < 4.78 is 6.61. The lowest BCUT2D eigenvalue weighted by Crippen LogP contribution is -2.37. The van der Waals surface area contributed by atoms with Gasteiger partial charge in [-0.3, -0.25) is 9.89 Å². The molecule has 3 rings (SSSR count). The van der Waals surface area contributed by atoms with Crippen LogP contribution in [0.2, 0.25) is 0 Å². The topological polar surface area (TPSA) is 75.5 Å². The lowest BCUT2D eigenvalue weighted by Gasteiger charge is -2.27. The fourth-order valence-corrected chi connectivity index (χ4v) is 1.93. The number of ether oxygens (including phenoxy) is 1. The van der Waals surface area contributed by atoms with Crippen LogP contribution < -0.4 is 10.5 Å². The van der Waals surface area contributed by atoms with E-state index in [-0.39, 0.29) is 5.56 Å². The van der Waals surface area contributed by atoms with Crippen LogP contribution in [0.5, 0.6) is 0 Å². The molecule has 17 heavy (non-hydrogen) atoms. The number of H-pyrrole nitrogens is 1. The van der Waals surface area contributed by atoms with Gasteiger partial charge in [-0.1, -0.05) is 0 Å². The second kappa shape index (κ2) is 3.85. The molecule has 1 N–H and O–H groups in total. The van der Waals surface area contributed by atoms with Gasteiger partial charge in [-0.05, 0) is 6.92 Å². The van der Waals surface area contributed by atoms with Crippen LogP contribution in [0, 0.1) is 6.92 Å². The summed E-state index contributed by atoms with van der Waals surface area (Å²) in [6, 6.07) is 1.52. The van der Waals surface area contributed by atoms with E-state index >= 15 is 0 Å². The van der Waals surface area contributed by atoms with Crippen molar-refractivity contribution in [2.45, 2.75) is 6.92 Å². The molecule has 3 heterocycles. The standard InChI is InChI=1S/C10H13N5O2/c1-7-11-10-12-8(6-9(16)15(10)13-7)14-2-4-17-5-3-14/h6H,2-5H2,1H3,(H,11,12,13). The number of anilines is 1. The van der Waals surface area contributed by atoms with Crippen molar-refractivity contribution in [2.24, 2.45) is 0 Å². The molecule has 7 heteroatoms. The van der Waals surface area contributed by atoms with Gasteiger partial charge in [-0.15, -0.1) is 0 Å². The fourth-order valence-electron chi connectivity index (χ4n) is 1.93. The summed E-state index contributed by atoms with van der Waals surface area (Å²) in [6.07, 6.45) is 0. The van der Waals surface area contributed by atoms with Crippen LogP contribution >= 0.6 is 0 Å². The summed E-state index contributed by atoms with van der Waals surface area (Å²) >= 11 is 0. The number of nitrogens with one attached hydrogen (secondary N) is 1. The van der Waals surface area contributed by atoms with Crippen molar-refractivity contribution in [1.82, 2.24) is 19.6 Å². The molecule has 7 nitrogen and oxygen atoms in total. The Morgan fingerprint density at radius 1 is 1.35 bits per heavy atom. The molecule has 2 aromatic rings. The molecule has 0 amide bonds. The number of morpholine rings is 1. The Morgan fingerprint density at radius 2 is 2.12 bits per heavy atom. The highest BCUT2D eigenvalue weighted by atomic mass is 16.5. The van der Waals surface area contributed by atoms with Gasteiger partial charge >= 0.3 is 0 Å². The molecule has 0 aliphatic carbocycles. The number of hydrogen-bond acceptors (Lipinski definition) is 5. The summed E-state index contributed by atoms with van der Waals surface area (Å²) in [5.74, 6) is 1.76. The molecular formula is C10H13N5O2. The molecule has 0 radical (unpaired) electrons. The van der Waals surface area contributed by atoms with Crippen LogP contribution in [-0.2, 0) is 4.74 Å². The van der Waals surface area contributed by atoms with Crippen molar-refractivity contribution < 1.29 is 4.74 Å². The van der Waals surface area contributed by atoms with Crippen molar-refractivity contribution in [2.75, 3.05) is 31.2 Å². The van der Waals surface area contributed by atoms with Gasteiger partial charge in [0.15, 0.2) is 0 Å². The minimum atomic E-state index is -0.142. The molecule has 1 saturated heterocycles. The van der Waals surface area contributed by atoms with Gasteiger partial charge in [0.1, 0.15) is 11.6 Å². The number of nitrogens with zero attached hydrogens (tertiary/aromatic N) is 4. The Morgan fingerprint density at radius 3 is 2.88 bits per heavy atom. The Bertz CT molecular complexity index is 596. The van der Waals surface area contributed by atoms with E-state index in [1.807, 2.05) is 4.90 Å². The molecule has 1 aliphatic rings. The van der Waals surface area contributed by atoms with Crippen LogP contribution in [-0.4, -0.2) is 45.9 Å². The van der Waals surface area contributed by atoms with E-state index < -0.39 is 0 Å². The summed E-state index contributed by atoms with van der Waals surface area (Å²) in [4.78, 5) is 22.4. The molecule has 0 bridgehead atoms. The van der Waals surface area contributed by atoms with Crippen molar-refractivity contribution >= 4 is 11.6 Å². The Labute approximate surface area is 97.0 Å². The number of rotatable bonds is 1. The summed E-state index contributed by atoms with van der Waals surface area (Å²) in [6.45, 7) is 4.64. The maximum absolute atomic E-state index is 11.8. The highest BCUT2D eigenvalue weighted by Crippen LogP contribution is 2.10. The first-order chi connectivity index (χ1) is 8.24. The third-order valence-electron chi connectivity index (χ3n) is 2.76. The number of fused-ring (bicyclic) bond motifs is 1. The zero-order valence-corrected chi connectivity index (χ0v) is 9.51. The highest BCUT2D eigenvalue weighted by Gasteiger charge is 2.15. The highest BCUT2D eigenvalue weighted by molar-refractivity contribution is 5.44. The van der Waals surface area contributed by atoms with Gasteiger partial charge in [0.25, 0.3) is 11.3 Å². The van der Waals surface area contributed by atoms with Crippen molar-refractivity contribution in [3.8, 4) is 0 Å². The third-order valence-corrected chi connectivity index (χ3v) is 2.76. The lowest BCUT2D eigenvalue weighted by atomic mass is 10.4. The molecule has 90 valence electrons. The third kappa shape index (κ3) is 1.78. The minimum Gasteiger partial charge on any atom is -0.378 e. The first-order valence-electron chi connectivity index (χ1n) is 5.53. The number of aromatic nitrogens is 4. The van der Waals surface area contributed by atoms with E-state index in [1.54, 1.807) is 6.92 Å². The maximum atomic E-state index is 11.8. The average molecular weight is 235 g/mol. The Balaban J connectivity index is 2.08. The molecule has 2 aromatic heterocycles. The first kappa shape index (κ1) is 10.3. The average Bonchev–Trinajstić information content (AvgIpc) is 2.71. The number of aryl methyl sites for hydroxylation is 1. The van der Waals surface area contributed by atoms with Gasteiger partial charge in [0, 0.05) is 19.2 Å². The fraction of sp³-hybridized carbons (Fsp3) is 0.500. The SMILES string of the molecule is Cc1nc2nc(N3CCOCC3)cc(=O)n2[nH]1. The largest absolute Gasteiger partial charge is 0.378 e. The van der Waals surface area contributed by atoms with E-state index in [0.717, 1.165) is 13.1 Å². The molecule has 1 aliphatic heterocycles. The quantitative estimate of drug-likeness (QED) is 0.725. The number of aromatic amines is 1. The van der Waals surface area contributed by atoms with Crippen molar-refractivity contribution in [1.29, 1.82) is 0 Å². The molecule has 0 unspecified atom stereocenters. The van der Waals surface area contributed by atoms with Gasteiger partial charge in [0.05, 0.1) is 13.2 Å². The van der Waals surface area contributed by atoms with Crippen LogP contribution in [0.25, 0.3) is 5.78 Å². The molecule has 1 fully saturated rings. The predicted octanol–water partition coefficient (Wildman–Crippen LogP) is -0.437. The molecule has 0 atom stereocenters. The second-order valence-corrected chi connectivity index (χ2v) is 4.00. The normalized spacial score (nSPS) is 16.6. The van der Waals surface area contributed by atoms with Crippen LogP contribution in [0.15, 0.2) is 10.9 Å². The van der Waals surface area contributed by atoms with Gasteiger partial charge in [0.2, 0.25) is 0 Å². The summed E-state index contributed by atoms with van der Waals surface area (Å²) in [7, 11) is 0. The second-order valence-electron chi connectivity index (χ2n) is 4.00. The van der Waals surface area contributed by atoms with Crippen LogP contribution in [0.3, 0.4) is 0 Å². The van der Waals surface area contributed by atoms with Crippen LogP contribution in [0.1, 0.15) is 5.82 Å². The molecule has 0 spiro atoms. The monoisotopic (exact) mass is 235 g/mol. The maximum Gasteiger partial charge on any atom is 0.276 e.